The van der Waals surface area contributed by atoms with Crippen molar-refractivity contribution in [1.29, 1.82) is 0 Å². The lowest BCUT2D eigenvalue weighted by atomic mass is 9.82. The highest BCUT2D eigenvalue weighted by molar-refractivity contribution is 5.73. The Bertz CT molecular complexity index is 315. The van der Waals surface area contributed by atoms with Crippen molar-refractivity contribution in [2.75, 3.05) is 26.3 Å². The number of amides is 2. The number of carbonyl (C=O) groups is 2. The first-order valence-electron chi connectivity index (χ1n) is 7.95. The maximum atomic E-state index is 11.6. The summed E-state index contributed by atoms with van der Waals surface area (Å²) in [6.45, 7) is 4.75. The largest absolute Gasteiger partial charge is 0.481 e. The summed E-state index contributed by atoms with van der Waals surface area (Å²) >= 11 is 0. The third-order valence-electron chi connectivity index (χ3n) is 3.85. The molecule has 0 aliphatic heterocycles. The molecule has 0 radical (unpaired) electrons. The van der Waals surface area contributed by atoms with E-state index in [-0.39, 0.29) is 11.9 Å². The fourth-order valence-corrected chi connectivity index (χ4v) is 2.54. The van der Waals surface area contributed by atoms with E-state index in [1.165, 1.54) is 0 Å². The van der Waals surface area contributed by atoms with Crippen molar-refractivity contribution >= 4 is 12.0 Å². The number of carbonyl (C=O) groups excluding carboxylic acids is 1. The molecule has 21 heavy (non-hydrogen) atoms. The highest BCUT2D eigenvalue weighted by atomic mass is 16.5. The molecule has 0 aromatic heterocycles. The third kappa shape index (κ3) is 7.90. The molecule has 0 spiro atoms. The van der Waals surface area contributed by atoms with Crippen LogP contribution in [-0.4, -0.2) is 43.4 Å². The molecule has 2 amide bonds. The first-order valence-corrected chi connectivity index (χ1v) is 7.95. The van der Waals surface area contributed by atoms with E-state index in [0.29, 0.717) is 25.6 Å². The molecule has 1 fully saturated rings. The van der Waals surface area contributed by atoms with Crippen LogP contribution in [0.2, 0.25) is 0 Å². The second-order valence-electron chi connectivity index (χ2n) is 5.66. The smallest absolute Gasteiger partial charge is 0.314 e. The van der Waals surface area contributed by atoms with Gasteiger partial charge >= 0.3 is 12.0 Å². The standard InChI is InChI=1S/C15H28N2O4/c1-2-9-21-10-3-8-16-15(20)17-11-12-4-6-13(7-5-12)14(18)19/h12-13H,2-11H2,1H3,(H,18,19)(H2,16,17,20). The van der Waals surface area contributed by atoms with E-state index in [9.17, 15) is 9.59 Å². The van der Waals surface area contributed by atoms with Gasteiger partial charge in [-0.2, -0.15) is 0 Å². The number of urea groups is 1. The molecule has 3 N–H and O–H groups in total. The zero-order valence-electron chi connectivity index (χ0n) is 12.9. The first kappa shape index (κ1) is 17.8. The summed E-state index contributed by atoms with van der Waals surface area (Å²) in [5.41, 5.74) is 0. The number of hydrogen-bond donors (Lipinski definition) is 3. The number of rotatable bonds is 9. The van der Waals surface area contributed by atoms with Crippen molar-refractivity contribution in [3.8, 4) is 0 Å². The highest BCUT2D eigenvalue weighted by Crippen LogP contribution is 2.28. The molecule has 0 bridgehead atoms. The SMILES string of the molecule is CCCOCCCNC(=O)NCC1CCC(C(=O)O)CC1. The Balaban J connectivity index is 1.99. The van der Waals surface area contributed by atoms with Gasteiger partial charge in [-0.1, -0.05) is 6.92 Å². The van der Waals surface area contributed by atoms with Crippen molar-refractivity contribution < 1.29 is 19.4 Å². The van der Waals surface area contributed by atoms with Crippen LogP contribution in [0.5, 0.6) is 0 Å². The second kappa shape index (κ2) is 10.4. The Morgan fingerprint density at radius 2 is 1.86 bits per heavy atom. The van der Waals surface area contributed by atoms with Crippen molar-refractivity contribution in [1.82, 2.24) is 10.6 Å². The zero-order chi connectivity index (χ0) is 15.5. The Kier molecular flexibility index (Phi) is 8.82. The van der Waals surface area contributed by atoms with Crippen LogP contribution in [-0.2, 0) is 9.53 Å². The van der Waals surface area contributed by atoms with E-state index < -0.39 is 5.97 Å². The molecule has 0 unspecified atom stereocenters. The van der Waals surface area contributed by atoms with Crippen molar-refractivity contribution in [3.05, 3.63) is 0 Å². The second-order valence-corrected chi connectivity index (χ2v) is 5.66. The van der Waals surface area contributed by atoms with Gasteiger partial charge in [-0.15, -0.1) is 0 Å². The van der Waals surface area contributed by atoms with Gasteiger partial charge in [-0.05, 0) is 44.4 Å². The number of carboxylic acids is 1. The lowest BCUT2D eigenvalue weighted by Crippen LogP contribution is -2.39. The molecule has 0 aromatic carbocycles. The van der Waals surface area contributed by atoms with Crippen LogP contribution >= 0.6 is 0 Å². The van der Waals surface area contributed by atoms with Crippen molar-refractivity contribution in [2.24, 2.45) is 11.8 Å². The Hall–Kier alpha value is -1.30. The summed E-state index contributed by atoms with van der Waals surface area (Å²) in [6.07, 6.45) is 5.02. The van der Waals surface area contributed by atoms with Crippen LogP contribution in [0.4, 0.5) is 4.79 Å². The molecular weight excluding hydrogens is 272 g/mol. The molecule has 6 heteroatoms. The fraction of sp³-hybridized carbons (Fsp3) is 0.867. The van der Waals surface area contributed by atoms with Crippen LogP contribution in [0.3, 0.4) is 0 Å². The van der Waals surface area contributed by atoms with Crippen molar-refractivity contribution in [3.63, 3.8) is 0 Å². The topological polar surface area (TPSA) is 87.7 Å². The normalized spacial score (nSPS) is 21.8. The Labute approximate surface area is 126 Å². The van der Waals surface area contributed by atoms with Gasteiger partial charge in [0.15, 0.2) is 0 Å². The molecule has 0 heterocycles. The maximum absolute atomic E-state index is 11.6. The average molecular weight is 300 g/mol. The van der Waals surface area contributed by atoms with Crippen LogP contribution in [0.25, 0.3) is 0 Å². The Morgan fingerprint density at radius 1 is 1.14 bits per heavy atom. The lowest BCUT2D eigenvalue weighted by Gasteiger charge is -2.26. The van der Waals surface area contributed by atoms with E-state index in [1.807, 2.05) is 0 Å². The van der Waals surface area contributed by atoms with Crippen LogP contribution in [0, 0.1) is 11.8 Å². The van der Waals surface area contributed by atoms with E-state index in [1.54, 1.807) is 0 Å². The van der Waals surface area contributed by atoms with Gasteiger partial charge in [-0.25, -0.2) is 4.79 Å². The predicted molar refractivity (Wildman–Crippen MR) is 80.2 cm³/mol. The van der Waals surface area contributed by atoms with Crippen LogP contribution in [0.15, 0.2) is 0 Å². The third-order valence-corrected chi connectivity index (χ3v) is 3.85. The number of aliphatic carboxylic acids is 1. The highest BCUT2D eigenvalue weighted by Gasteiger charge is 2.25. The summed E-state index contributed by atoms with van der Waals surface area (Å²) in [5.74, 6) is -0.484. The quantitative estimate of drug-likeness (QED) is 0.568. The van der Waals surface area contributed by atoms with Gasteiger partial charge in [-0.3, -0.25) is 4.79 Å². The number of nitrogens with one attached hydrogen (secondary N) is 2. The molecular formula is C15H28N2O4. The minimum absolute atomic E-state index is 0.147. The average Bonchev–Trinajstić information content (AvgIpc) is 2.49. The van der Waals surface area contributed by atoms with Gasteiger partial charge in [0.05, 0.1) is 5.92 Å². The van der Waals surface area contributed by atoms with Gasteiger partial charge in [0.2, 0.25) is 0 Å². The molecule has 6 nitrogen and oxygen atoms in total. The maximum Gasteiger partial charge on any atom is 0.314 e. The number of ether oxygens (including phenoxy) is 1. The molecule has 1 aliphatic carbocycles. The molecule has 1 rings (SSSR count). The molecule has 1 aliphatic rings. The summed E-state index contributed by atoms with van der Waals surface area (Å²) in [5, 5.41) is 14.6. The number of hydrogen-bond acceptors (Lipinski definition) is 3. The molecule has 1 saturated carbocycles. The van der Waals surface area contributed by atoms with E-state index in [0.717, 1.165) is 45.1 Å². The van der Waals surface area contributed by atoms with Gasteiger partial charge in [0.1, 0.15) is 0 Å². The van der Waals surface area contributed by atoms with Gasteiger partial charge < -0.3 is 20.5 Å². The molecule has 0 aromatic rings. The number of carboxylic acid groups (broad SMARTS) is 1. The first-order chi connectivity index (χ1) is 10.1. The minimum Gasteiger partial charge on any atom is -0.481 e. The lowest BCUT2D eigenvalue weighted by molar-refractivity contribution is -0.143. The monoisotopic (exact) mass is 300 g/mol. The van der Waals surface area contributed by atoms with Crippen LogP contribution < -0.4 is 10.6 Å². The Morgan fingerprint density at radius 3 is 2.48 bits per heavy atom. The van der Waals surface area contributed by atoms with Gasteiger partial charge in [0.25, 0.3) is 0 Å². The molecule has 0 atom stereocenters. The van der Waals surface area contributed by atoms with Gasteiger partial charge in [0, 0.05) is 26.3 Å². The fourth-order valence-electron chi connectivity index (χ4n) is 2.54. The van der Waals surface area contributed by atoms with Crippen molar-refractivity contribution in [2.45, 2.75) is 45.4 Å². The van der Waals surface area contributed by atoms with E-state index in [2.05, 4.69) is 17.6 Å². The predicted octanol–water partition coefficient (Wildman–Crippen LogP) is 1.99. The van der Waals surface area contributed by atoms with Crippen LogP contribution in [0.1, 0.15) is 45.4 Å². The summed E-state index contributed by atoms with van der Waals surface area (Å²) in [4.78, 5) is 22.4. The summed E-state index contributed by atoms with van der Waals surface area (Å²) < 4.78 is 5.33. The molecule has 122 valence electrons. The van der Waals surface area contributed by atoms with E-state index >= 15 is 0 Å². The minimum atomic E-state index is -0.690. The summed E-state index contributed by atoms with van der Waals surface area (Å²) in [7, 11) is 0. The summed E-state index contributed by atoms with van der Waals surface area (Å²) in [6, 6.07) is -0.147. The van der Waals surface area contributed by atoms with E-state index in [4.69, 9.17) is 9.84 Å². The molecule has 0 saturated heterocycles. The zero-order valence-corrected chi connectivity index (χ0v) is 12.9.